The molecule has 9 heteroatoms. The highest BCUT2D eigenvalue weighted by atomic mass is 16.5. The van der Waals surface area contributed by atoms with E-state index in [2.05, 4.69) is 5.32 Å². The topological polar surface area (TPSA) is 109 Å². The standard InChI is InChI=1S/C19H27NO8/c1-7-11(2)17(19(23)27-6)20-16(21)10-28-18(22)12-8-14(25-4)15(26-5)9-13(12)24-3/h8-9,11,17H,7,10H2,1-6H3,(H,20,21). The molecule has 1 rings (SSSR count). The van der Waals surface area contributed by atoms with Crippen LogP contribution in [0.5, 0.6) is 17.2 Å². The molecule has 0 saturated heterocycles. The lowest BCUT2D eigenvalue weighted by Gasteiger charge is -2.21. The summed E-state index contributed by atoms with van der Waals surface area (Å²) in [5.74, 6) is -1.22. The van der Waals surface area contributed by atoms with Gasteiger partial charge < -0.3 is 29.0 Å². The third kappa shape index (κ3) is 5.77. The number of rotatable bonds is 10. The number of hydrogen-bond acceptors (Lipinski definition) is 8. The second-order valence-corrected chi connectivity index (χ2v) is 5.94. The van der Waals surface area contributed by atoms with Crippen LogP contribution in [0.15, 0.2) is 12.1 Å². The Balaban J connectivity index is 2.85. The minimum atomic E-state index is -0.822. The van der Waals surface area contributed by atoms with E-state index in [1.54, 1.807) is 0 Å². The van der Waals surface area contributed by atoms with Crippen LogP contribution < -0.4 is 19.5 Å². The van der Waals surface area contributed by atoms with Gasteiger partial charge in [-0.25, -0.2) is 9.59 Å². The fraction of sp³-hybridized carbons (Fsp3) is 0.526. The minimum Gasteiger partial charge on any atom is -0.496 e. The molecule has 2 atom stereocenters. The van der Waals surface area contributed by atoms with Gasteiger partial charge >= 0.3 is 11.9 Å². The Morgan fingerprint density at radius 3 is 2.04 bits per heavy atom. The maximum atomic E-state index is 12.4. The van der Waals surface area contributed by atoms with E-state index in [4.69, 9.17) is 23.7 Å². The van der Waals surface area contributed by atoms with Gasteiger partial charge in [-0.3, -0.25) is 4.79 Å². The van der Waals surface area contributed by atoms with E-state index in [0.717, 1.165) is 0 Å². The van der Waals surface area contributed by atoms with Crippen LogP contribution in [0.3, 0.4) is 0 Å². The summed E-state index contributed by atoms with van der Waals surface area (Å²) in [7, 11) is 5.51. The molecule has 156 valence electrons. The van der Waals surface area contributed by atoms with Crippen molar-refractivity contribution in [1.29, 1.82) is 0 Å². The van der Waals surface area contributed by atoms with Crippen molar-refractivity contribution in [1.82, 2.24) is 5.32 Å². The van der Waals surface area contributed by atoms with Crippen molar-refractivity contribution in [2.24, 2.45) is 5.92 Å². The molecule has 0 aliphatic heterocycles. The van der Waals surface area contributed by atoms with E-state index in [-0.39, 0.29) is 17.2 Å². The zero-order valence-electron chi connectivity index (χ0n) is 17.0. The minimum absolute atomic E-state index is 0.0689. The molecular weight excluding hydrogens is 370 g/mol. The normalized spacial score (nSPS) is 12.4. The van der Waals surface area contributed by atoms with Gasteiger partial charge in [0.05, 0.1) is 28.4 Å². The van der Waals surface area contributed by atoms with Gasteiger partial charge in [-0.1, -0.05) is 20.3 Å². The molecule has 0 aliphatic rings. The first-order valence-corrected chi connectivity index (χ1v) is 8.67. The molecule has 0 aliphatic carbocycles. The highest BCUT2D eigenvalue weighted by molar-refractivity contribution is 5.95. The van der Waals surface area contributed by atoms with Crippen LogP contribution in [0.2, 0.25) is 0 Å². The molecular formula is C19H27NO8. The first-order chi connectivity index (χ1) is 13.3. The summed E-state index contributed by atoms with van der Waals surface area (Å²) in [6.45, 7) is 3.12. The van der Waals surface area contributed by atoms with Gasteiger partial charge in [-0.15, -0.1) is 0 Å². The maximum Gasteiger partial charge on any atom is 0.342 e. The molecule has 0 saturated carbocycles. The third-order valence-electron chi connectivity index (χ3n) is 4.24. The summed E-state index contributed by atoms with van der Waals surface area (Å²) < 4.78 is 25.3. The zero-order chi connectivity index (χ0) is 21.3. The van der Waals surface area contributed by atoms with Crippen LogP contribution >= 0.6 is 0 Å². The molecule has 1 N–H and O–H groups in total. The Morgan fingerprint density at radius 1 is 0.964 bits per heavy atom. The van der Waals surface area contributed by atoms with E-state index in [0.29, 0.717) is 17.9 Å². The van der Waals surface area contributed by atoms with Crippen molar-refractivity contribution in [2.75, 3.05) is 35.0 Å². The third-order valence-corrected chi connectivity index (χ3v) is 4.24. The average molecular weight is 397 g/mol. The lowest BCUT2D eigenvalue weighted by Crippen LogP contribution is -2.47. The van der Waals surface area contributed by atoms with Gasteiger partial charge in [0, 0.05) is 12.1 Å². The molecule has 0 spiro atoms. The van der Waals surface area contributed by atoms with E-state index in [9.17, 15) is 14.4 Å². The Labute approximate surface area is 164 Å². The Kier molecular flexibility index (Phi) is 9.07. The number of nitrogens with one attached hydrogen (secondary N) is 1. The molecule has 28 heavy (non-hydrogen) atoms. The van der Waals surface area contributed by atoms with E-state index in [1.165, 1.54) is 40.6 Å². The first-order valence-electron chi connectivity index (χ1n) is 8.67. The SMILES string of the molecule is CCC(C)C(NC(=O)COC(=O)c1cc(OC)c(OC)cc1OC)C(=O)OC. The number of esters is 2. The van der Waals surface area contributed by atoms with Crippen LogP contribution in [0.4, 0.5) is 0 Å². The van der Waals surface area contributed by atoms with E-state index in [1.807, 2.05) is 13.8 Å². The predicted molar refractivity (Wildman–Crippen MR) is 99.8 cm³/mol. The molecule has 9 nitrogen and oxygen atoms in total. The number of amides is 1. The second-order valence-electron chi connectivity index (χ2n) is 5.94. The summed E-state index contributed by atoms with van der Waals surface area (Å²) >= 11 is 0. The Hall–Kier alpha value is -2.97. The van der Waals surface area contributed by atoms with Gasteiger partial charge in [-0.05, 0) is 5.92 Å². The van der Waals surface area contributed by atoms with Crippen molar-refractivity contribution < 1.29 is 38.1 Å². The number of ether oxygens (including phenoxy) is 5. The van der Waals surface area contributed by atoms with Crippen molar-refractivity contribution in [3.8, 4) is 17.2 Å². The molecule has 0 bridgehead atoms. The summed E-state index contributed by atoms with van der Waals surface area (Å²) in [6, 6.07) is 2.05. The highest BCUT2D eigenvalue weighted by Gasteiger charge is 2.27. The fourth-order valence-electron chi connectivity index (χ4n) is 2.41. The molecule has 0 heterocycles. The summed E-state index contributed by atoms with van der Waals surface area (Å²) in [4.78, 5) is 36.4. The van der Waals surface area contributed by atoms with Gasteiger partial charge in [-0.2, -0.15) is 0 Å². The molecule has 1 aromatic rings. The summed E-state index contributed by atoms with van der Waals surface area (Å²) in [5, 5.41) is 2.53. The number of carbonyl (C=O) groups excluding carboxylic acids is 3. The van der Waals surface area contributed by atoms with Gasteiger partial charge in [0.15, 0.2) is 18.1 Å². The lowest BCUT2D eigenvalue weighted by molar-refractivity contribution is -0.147. The Morgan fingerprint density at radius 2 is 1.54 bits per heavy atom. The van der Waals surface area contributed by atoms with Gasteiger partial charge in [0.1, 0.15) is 17.4 Å². The van der Waals surface area contributed by atoms with Crippen LogP contribution in [-0.2, 0) is 19.1 Å². The highest BCUT2D eigenvalue weighted by Crippen LogP contribution is 2.34. The monoisotopic (exact) mass is 397 g/mol. The first kappa shape index (κ1) is 23.1. The molecule has 0 radical (unpaired) electrons. The van der Waals surface area contributed by atoms with Gasteiger partial charge in [0.2, 0.25) is 0 Å². The molecule has 1 aromatic carbocycles. The van der Waals surface area contributed by atoms with Crippen LogP contribution in [-0.4, -0.2) is 58.9 Å². The molecule has 1 amide bonds. The van der Waals surface area contributed by atoms with Crippen molar-refractivity contribution in [3.05, 3.63) is 17.7 Å². The predicted octanol–water partition coefficient (Wildman–Crippen LogP) is 1.57. The van der Waals surface area contributed by atoms with Crippen LogP contribution in [0.25, 0.3) is 0 Å². The van der Waals surface area contributed by atoms with Crippen molar-refractivity contribution >= 4 is 17.8 Å². The van der Waals surface area contributed by atoms with Gasteiger partial charge in [0.25, 0.3) is 5.91 Å². The lowest BCUT2D eigenvalue weighted by atomic mass is 9.99. The Bertz CT molecular complexity index is 703. The van der Waals surface area contributed by atoms with Crippen molar-refractivity contribution in [2.45, 2.75) is 26.3 Å². The fourth-order valence-corrected chi connectivity index (χ4v) is 2.41. The number of benzene rings is 1. The van der Waals surface area contributed by atoms with Crippen molar-refractivity contribution in [3.63, 3.8) is 0 Å². The molecule has 0 fully saturated rings. The molecule has 2 unspecified atom stereocenters. The second kappa shape index (κ2) is 11.0. The summed E-state index contributed by atoms with van der Waals surface area (Å²) in [5.41, 5.74) is 0.0689. The smallest absolute Gasteiger partial charge is 0.342 e. The summed E-state index contributed by atoms with van der Waals surface area (Å²) in [6.07, 6.45) is 0.655. The van der Waals surface area contributed by atoms with E-state index >= 15 is 0 Å². The number of carbonyl (C=O) groups is 3. The van der Waals surface area contributed by atoms with E-state index < -0.39 is 30.5 Å². The maximum absolute atomic E-state index is 12.4. The number of methoxy groups -OCH3 is 4. The largest absolute Gasteiger partial charge is 0.496 e. The molecule has 0 aromatic heterocycles. The van der Waals surface area contributed by atoms with Crippen LogP contribution in [0, 0.1) is 5.92 Å². The zero-order valence-corrected chi connectivity index (χ0v) is 17.0. The quantitative estimate of drug-likeness (QED) is 0.593. The number of hydrogen-bond donors (Lipinski definition) is 1. The average Bonchev–Trinajstić information content (AvgIpc) is 2.73. The van der Waals surface area contributed by atoms with Crippen LogP contribution in [0.1, 0.15) is 30.6 Å².